The predicted molar refractivity (Wildman–Crippen MR) is 117 cm³/mol. The van der Waals surface area contributed by atoms with Gasteiger partial charge in [0.2, 0.25) is 10.0 Å². The molecule has 1 atom stereocenters. The monoisotopic (exact) mass is 450 g/mol. The summed E-state index contributed by atoms with van der Waals surface area (Å²) in [5.41, 5.74) is 1.41. The van der Waals surface area contributed by atoms with E-state index in [0.717, 1.165) is 23.3 Å². The van der Waals surface area contributed by atoms with Crippen molar-refractivity contribution in [1.82, 2.24) is 4.31 Å². The second-order valence-corrected chi connectivity index (χ2v) is 10.7. The molecule has 2 heterocycles. The molecule has 7 nitrogen and oxygen atoms in total. The van der Waals surface area contributed by atoms with Crippen LogP contribution in [0.4, 0.5) is 5.00 Å². The molecule has 1 N–H and O–H groups in total. The number of piperidine rings is 1. The number of hydrogen-bond acceptors (Lipinski definition) is 6. The topological polar surface area (TPSA) is 92.8 Å². The van der Waals surface area contributed by atoms with Gasteiger partial charge in [0.15, 0.2) is 0 Å². The van der Waals surface area contributed by atoms with Crippen LogP contribution in [0.15, 0.2) is 29.2 Å². The third-order valence-electron chi connectivity index (χ3n) is 5.38. The summed E-state index contributed by atoms with van der Waals surface area (Å²) in [6.07, 6.45) is 1.88. The van der Waals surface area contributed by atoms with E-state index in [0.29, 0.717) is 35.1 Å². The lowest BCUT2D eigenvalue weighted by Gasteiger charge is -2.30. The largest absolute Gasteiger partial charge is 0.465 e. The highest BCUT2D eigenvalue weighted by molar-refractivity contribution is 7.89. The van der Waals surface area contributed by atoms with E-state index >= 15 is 0 Å². The molecule has 1 unspecified atom stereocenters. The number of aryl methyl sites for hydroxylation is 1. The quantitative estimate of drug-likeness (QED) is 0.699. The lowest BCUT2D eigenvalue weighted by Crippen LogP contribution is -2.39. The summed E-state index contributed by atoms with van der Waals surface area (Å²) in [5, 5.41) is 3.17. The molecule has 9 heteroatoms. The van der Waals surface area contributed by atoms with E-state index < -0.39 is 21.9 Å². The zero-order valence-electron chi connectivity index (χ0n) is 17.5. The fourth-order valence-electron chi connectivity index (χ4n) is 3.53. The molecular formula is C21H26N2O5S2. The maximum Gasteiger partial charge on any atom is 0.341 e. The van der Waals surface area contributed by atoms with E-state index in [2.05, 4.69) is 5.32 Å². The van der Waals surface area contributed by atoms with Crippen LogP contribution in [-0.4, -0.2) is 44.8 Å². The Bertz CT molecular complexity index is 1060. The molecule has 0 radical (unpaired) electrons. The standard InChI is InChI=1S/C21H26N2O5S2/c1-13-6-5-11-23(12-13)30(26,27)17-9-7-16(8-10-17)19(24)22-20-18(21(25)28-4)14(2)15(3)29-20/h7-10,13H,5-6,11-12H2,1-4H3,(H,22,24). The molecule has 1 saturated heterocycles. The molecule has 1 aliphatic rings. The summed E-state index contributed by atoms with van der Waals surface area (Å²) in [7, 11) is -2.28. The van der Waals surface area contributed by atoms with Crippen molar-refractivity contribution in [3.05, 3.63) is 45.8 Å². The molecule has 30 heavy (non-hydrogen) atoms. The Kier molecular flexibility index (Phi) is 6.64. The van der Waals surface area contributed by atoms with Gasteiger partial charge in [-0.1, -0.05) is 6.92 Å². The smallest absolute Gasteiger partial charge is 0.341 e. The first-order valence-corrected chi connectivity index (χ1v) is 12.0. The van der Waals surface area contributed by atoms with Crippen LogP contribution < -0.4 is 5.32 Å². The lowest BCUT2D eigenvalue weighted by molar-refractivity contribution is 0.0601. The molecule has 1 aromatic carbocycles. The average molecular weight is 451 g/mol. The molecule has 0 saturated carbocycles. The van der Waals surface area contributed by atoms with Gasteiger partial charge in [-0.2, -0.15) is 4.31 Å². The fraction of sp³-hybridized carbons (Fsp3) is 0.429. The van der Waals surface area contributed by atoms with E-state index in [1.807, 2.05) is 13.8 Å². The molecule has 1 amide bonds. The van der Waals surface area contributed by atoms with Crippen LogP contribution in [0.2, 0.25) is 0 Å². The number of sulfonamides is 1. The normalized spacial score (nSPS) is 17.5. The molecule has 0 bridgehead atoms. The second-order valence-electron chi connectivity index (χ2n) is 7.57. The maximum absolute atomic E-state index is 12.9. The van der Waals surface area contributed by atoms with Gasteiger partial charge in [-0.25, -0.2) is 13.2 Å². The summed E-state index contributed by atoms with van der Waals surface area (Å²) in [4.78, 5) is 25.8. The minimum absolute atomic E-state index is 0.172. The van der Waals surface area contributed by atoms with Gasteiger partial charge in [-0.3, -0.25) is 4.79 Å². The Morgan fingerprint density at radius 1 is 1.20 bits per heavy atom. The maximum atomic E-state index is 12.9. The van der Waals surface area contributed by atoms with Gasteiger partial charge in [0.05, 0.1) is 17.6 Å². The summed E-state index contributed by atoms with van der Waals surface area (Å²) in [5.74, 6) is -0.596. The lowest BCUT2D eigenvalue weighted by atomic mass is 10.0. The highest BCUT2D eigenvalue weighted by atomic mass is 32.2. The van der Waals surface area contributed by atoms with Gasteiger partial charge in [0.1, 0.15) is 5.00 Å². The Morgan fingerprint density at radius 2 is 1.87 bits per heavy atom. The number of carbonyl (C=O) groups is 2. The zero-order chi connectivity index (χ0) is 22.1. The molecule has 162 valence electrons. The highest BCUT2D eigenvalue weighted by Crippen LogP contribution is 2.33. The minimum atomic E-state index is -3.58. The predicted octanol–water partition coefficient (Wildman–Crippen LogP) is 3.82. The fourth-order valence-corrected chi connectivity index (χ4v) is 6.17. The Labute approximate surface area is 181 Å². The number of amides is 1. The van der Waals surface area contributed by atoms with Gasteiger partial charge >= 0.3 is 5.97 Å². The van der Waals surface area contributed by atoms with Crippen LogP contribution in [0.3, 0.4) is 0 Å². The third kappa shape index (κ3) is 4.43. The molecular weight excluding hydrogens is 424 g/mol. The van der Waals surface area contributed by atoms with E-state index in [-0.39, 0.29) is 4.90 Å². The van der Waals surface area contributed by atoms with Crippen molar-refractivity contribution in [2.45, 2.75) is 38.5 Å². The number of anilines is 1. The first-order chi connectivity index (χ1) is 14.1. The van der Waals surface area contributed by atoms with Crippen molar-refractivity contribution >= 4 is 38.2 Å². The summed E-state index contributed by atoms with van der Waals surface area (Å²) >= 11 is 1.30. The van der Waals surface area contributed by atoms with Crippen molar-refractivity contribution in [2.24, 2.45) is 5.92 Å². The number of carbonyl (C=O) groups excluding carboxylic acids is 2. The van der Waals surface area contributed by atoms with Crippen molar-refractivity contribution in [2.75, 3.05) is 25.5 Å². The van der Waals surface area contributed by atoms with E-state index in [1.165, 1.54) is 47.0 Å². The highest BCUT2D eigenvalue weighted by Gasteiger charge is 2.29. The van der Waals surface area contributed by atoms with Crippen LogP contribution in [0.25, 0.3) is 0 Å². The Morgan fingerprint density at radius 3 is 2.47 bits per heavy atom. The first kappa shape index (κ1) is 22.5. The van der Waals surface area contributed by atoms with Crippen LogP contribution >= 0.6 is 11.3 Å². The zero-order valence-corrected chi connectivity index (χ0v) is 19.2. The number of hydrogen-bond donors (Lipinski definition) is 1. The number of ether oxygens (including phenoxy) is 1. The molecule has 3 rings (SSSR count). The molecule has 0 spiro atoms. The Balaban J connectivity index is 1.79. The van der Waals surface area contributed by atoms with Crippen LogP contribution in [-0.2, 0) is 14.8 Å². The second kappa shape index (κ2) is 8.87. The van der Waals surface area contributed by atoms with Crippen LogP contribution in [0.1, 0.15) is 50.9 Å². The van der Waals surface area contributed by atoms with Crippen LogP contribution in [0, 0.1) is 19.8 Å². The van der Waals surface area contributed by atoms with Gasteiger partial charge in [-0.15, -0.1) is 11.3 Å². The van der Waals surface area contributed by atoms with Crippen LogP contribution in [0.5, 0.6) is 0 Å². The number of methoxy groups -OCH3 is 1. The molecule has 1 aromatic heterocycles. The van der Waals surface area contributed by atoms with Crippen molar-refractivity contribution in [3.63, 3.8) is 0 Å². The number of thiophene rings is 1. The minimum Gasteiger partial charge on any atom is -0.465 e. The van der Waals surface area contributed by atoms with Crippen molar-refractivity contribution < 1.29 is 22.7 Å². The SMILES string of the molecule is COC(=O)c1c(NC(=O)c2ccc(S(=O)(=O)N3CCCC(C)C3)cc2)sc(C)c1C. The summed E-state index contributed by atoms with van der Waals surface area (Å²) in [6.45, 7) is 6.74. The molecule has 1 aliphatic heterocycles. The summed E-state index contributed by atoms with van der Waals surface area (Å²) in [6, 6.07) is 5.88. The van der Waals surface area contributed by atoms with Crippen molar-refractivity contribution in [3.8, 4) is 0 Å². The van der Waals surface area contributed by atoms with E-state index in [9.17, 15) is 18.0 Å². The van der Waals surface area contributed by atoms with E-state index in [4.69, 9.17) is 4.74 Å². The first-order valence-electron chi connectivity index (χ1n) is 9.75. The number of nitrogens with zero attached hydrogens (tertiary/aromatic N) is 1. The van der Waals surface area contributed by atoms with Gasteiger partial charge in [-0.05, 0) is 62.4 Å². The van der Waals surface area contributed by atoms with Gasteiger partial charge in [0, 0.05) is 23.5 Å². The Hall–Kier alpha value is -2.23. The van der Waals surface area contributed by atoms with Crippen molar-refractivity contribution in [1.29, 1.82) is 0 Å². The third-order valence-corrected chi connectivity index (χ3v) is 8.38. The van der Waals surface area contributed by atoms with Gasteiger partial charge in [0.25, 0.3) is 5.91 Å². The van der Waals surface area contributed by atoms with Gasteiger partial charge < -0.3 is 10.1 Å². The number of benzene rings is 1. The number of rotatable bonds is 5. The average Bonchev–Trinajstić information content (AvgIpc) is 3.00. The number of nitrogens with one attached hydrogen (secondary N) is 1. The molecule has 1 fully saturated rings. The number of esters is 1. The summed E-state index contributed by atoms with van der Waals surface area (Å²) < 4.78 is 32.1. The van der Waals surface area contributed by atoms with E-state index in [1.54, 1.807) is 6.92 Å². The molecule has 2 aromatic rings. The molecule has 0 aliphatic carbocycles.